The lowest BCUT2D eigenvalue weighted by Crippen LogP contribution is -2.46. The molecular weight excluding hydrogens is 232 g/mol. The van der Waals surface area contributed by atoms with Gasteiger partial charge in [0.25, 0.3) is 0 Å². The maximum atomic E-state index is 11.7. The molecule has 2 saturated carbocycles. The minimum absolute atomic E-state index is 0.0236. The van der Waals surface area contributed by atoms with Crippen LogP contribution in [0.3, 0.4) is 0 Å². The molecule has 2 aliphatic carbocycles. The predicted octanol–water partition coefficient (Wildman–Crippen LogP) is 1.82. The van der Waals surface area contributed by atoms with Crippen LogP contribution in [0.2, 0.25) is 0 Å². The zero-order chi connectivity index (χ0) is 13.6. The van der Waals surface area contributed by atoms with Gasteiger partial charge in [0.15, 0.2) is 0 Å². The molecule has 5 heteroatoms. The van der Waals surface area contributed by atoms with E-state index in [1.54, 1.807) is 7.05 Å². The lowest BCUT2D eigenvalue weighted by molar-refractivity contribution is -0.0835. The van der Waals surface area contributed by atoms with Crippen molar-refractivity contribution in [2.75, 3.05) is 7.05 Å². The van der Waals surface area contributed by atoms with Gasteiger partial charge in [0.1, 0.15) is 6.10 Å². The van der Waals surface area contributed by atoms with Gasteiger partial charge in [-0.2, -0.15) is 0 Å². The predicted molar refractivity (Wildman–Crippen MR) is 67.6 cm³/mol. The zero-order valence-electron chi connectivity index (χ0n) is 11.7. The number of carbonyl (C=O) groups is 1. The Morgan fingerprint density at radius 3 is 2.61 bits per heavy atom. The largest absolute Gasteiger partial charge is 0.511 e. The van der Waals surface area contributed by atoms with E-state index in [1.165, 1.54) is 6.42 Å². The molecule has 104 valence electrons. The molecule has 1 unspecified atom stereocenters. The van der Waals surface area contributed by atoms with Gasteiger partial charge in [0, 0.05) is 10.8 Å². The van der Waals surface area contributed by atoms with Gasteiger partial charge in [0.2, 0.25) is 6.35 Å². The van der Waals surface area contributed by atoms with Crippen molar-refractivity contribution in [3.8, 4) is 0 Å². The van der Waals surface area contributed by atoms with Crippen LogP contribution in [0.25, 0.3) is 0 Å². The number of nitrogens with one attached hydrogen (secondary N) is 1. The third-order valence-electron chi connectivity index (χ3n) is 4.86. The van der Waals surface area contributed by atoms with E-state index >= 15 is 0 Å². The van der Waals surface area contributed by atoms with E-state index in [0.717, 1.165) is 12.8 Å². The number of hydrogen-bond acceptors (Lipinski definition) is 5. The molecule has 0 spiro atoms. The Hall–Kier alpha value is -0.810. The average Bonchev–Trinajstić information content (AvgIpc) is 2.75. The lowest BCUT2D eigenvalue weighted by atomic mass is 9.70. The summed E-state index contributed by atoms with van der Waals surface area (Å²) in [4.78, 5) is 11.7. The van der Waals surface area contributed by atoms with Crippen molar-refractivity contribution in [2.45, 2.75) is 52.5 Å². The third kappa shape index (κ3) is 2.10. The lowest BCUT2D eigenvalue weighted by Gasteiger charge is -2.41. The molecular formula is C13H24N2O3. The highest BCUT2D eigenvalue weighted by molar-refractivity contribution is 5.60. The van der Waals surface area contributed by atoms with Crippen molar-refractivity contribution in [1.29, 1.82) is 0 Å². The van der Waals surface area contributed by atoms with E-state index in [-0.39, 0.29) is 16.9 Å². The SMILES string of the molecule is CNC(N)OC(=O)O[C@H]1C(C)(C)[C@H]2CC[C@]1(C)C2. The van der Waals surface area contributed by atoms with Crippen molar-refractivity contribution >= 4 is 6.16 Å². The molecule has 0 radical (unpaired) electrons. The fourth-order valence-corrected chi connectivity index (χ4v) is 3.84. The van der Waals surface area contributed by atoms with Gasteiger partial charge in [-0.15, -0.1) is 0 Å². The van der Waals surface area contributed by atoms with Crippen molar-refractivity contribution in [1.82, 2.24) is 5.32 Å². The van der Waals surface area contributed by atoms with E-state index in [0.29, 0.717) is 5.92 Å². The van der Waals surface area contributed by atoms with Crippen LogP contribution in [0, 0.1) is 16.7 Å². The maximum absolute atomic E-state index is 11.7. The monoisotopic (exact) mass is 256 g/mol. The van der Waals surface area contributed by atoms with E-state index in [1.807, 2.05) is 0 Å². The quantitative estimate of drug-likeness (QED) is 0.595. The minimum Gasteiger partial charge on any atom is -0.430 e. The Bertz CT molecular complexity index is 340. The second-order valence-corrected chi connectivity index (χ2v) is 6.49. The summed E-state index contributed by atoms with van der Waals surface area (Å²) in [7, 11) is 1.63. The number of nitrogens with two attached hydrogens (primary N) is 1. The Morgan fingerprint density at radius 2 is 2.11 bits per heavy atom. The van der Waals surface area contributed by atoms with Crippen molar-refractivity contribution < 1.29 is 14.3 Å². The smallest absolute Gasteiger partial charge is 0.430 e. The molecule has 0 amide bonds. The minimum atomic E-state index is -0.813. The summed E-state index contributed by atoms with van der Waals surface area (Å²) < 4.78 is 10.5. The summed E-state index contributed by atoms with van der Waals surface area (Å²) in [6.07, 6.45) is 1.91. The zero-order valence-corrected chi connectivity index (χ0v) is 11.7. The van der Waals surface area contributed by atoms with E-state index < -0.39 is 12.5 Å². The normalized spacial score (nSPS) is 38.5. The van der Waals surface area contributed by atoms with Crippen molar-refractivity contribution in [3.05, 3.63) is 0 Å². The topological polar surface area (TPSA) is 73.6 Å². The molecule has 0 aromatic rings. The molecule has 3 N–H and O–H groups in total. The second kappa shape index (κ2) is 4.38. The Balaban J connectivity index is 2.02. The molecule has 2 bridgehead atoms. The van der Waals surface area contributed by atoms with Gasteiger partial charge in [-0.1, -0.05) is 20.8 Å². The molecule has 2 fully saturated rings. The first-order chi connectivity index (χ1) is 8.29. The summed E-state index contributed by atoms with van der Waals surface area (Å²) in [6.45, 7) is 6.56. The van der Waals surface area contributed by atoms with Crippen LogP contribution in [0.15, 0.2) is 0 Å². The van der Waals surface area contributed by atoms with Crippen LogP contribution >= 0.6 is 0 Å². The Morgan fingerprint density at radius 1 is 1.44 bits per heavy atom. The van der Waals surface area contributed by atoms with Crippen LogP contribution in [0.5, 0.6) is 0 Å². The van der Waals surface area contributed by atoms with Gasteiger partial charge in [-0.25, -0.2) is 4.79 Å². The number of fused-ring (bicyclic) bond motifs is 2. The first-order valence-corrected chi connectivity index (χ1v) is 6.60. The third-order valence-corrected chi connectivity index (χ3v) is 4.86. The van der Waals surface area contributed by atoms with Crippen LogP contribution in [-0.4, -0.2) is 25.7 Å². The summed E-state index contributed by atoms with van der Waals surface area (Å²) in [6, 6.07) is 0. The first-order valence-electron chi connectivity index (χ1n) is 6.60. The van der Waals surface area contributed by atoms with Gasteiger partial charge in [-0.05, 0) is 32.2 Å². The fourth-order valence-electron chi connectivity index (χ4n) is 3.84. The molecule has 0 aromatic carbocycles. The Kier molecular flexibility index (Phi) is 3.32. The summed E-state index contributed by atoms with van der Waals surface area (Å²) >= 11 is 0. The standard InChI is InChI=1S/C13H24N2O3/c1-12(2)8-5-6-13(3,7-8)9(12)17-11(16)18-10(14)15-4/h8-10,15H,5-7,14H2,1-4H3/t8-,9-,10?,13+/m0/s1. The molecule has 2 rings (SSSR count). The van der Waals surface area contributed by atoms with Crippen LogP contribution < -0.4 is 11.1 Å². The van der Waals surface area contributed by atoms with Crippen LogP contribution in [-0.2, 0) is 9.47 Å². The number of ether oxygens (including phenoxy) is 2. The van der Waals surface area contributed by atoms with E-state index in [2.05, 4.69) is 26.1 Å². The van der Waals surface area contributed by atoms with E-state index in [9.17, 15) is 4.79 Å². The number of carbonyl (C=O) groups excluding carboxylic acids is 1. The Labute approximate surface area is 108 Å². The second-order valence-electron chi connectivity index (χ2n) is 6.49. The number of hydrogen-bond donors (Lipinski definition) is 2. The molecule has 0 aromatic heterocycles. The van der Waals surface area contributed by atoms with Gasteiger partial charge >= 0.3 is 6.16 Å². The van der Waals surface area contributed by atoms with Crippen LogP contribution in [0.4, 0.5) is 4.79 Å². The van der Waals surface area contributed by atoms with Gasteiger partial charge in [-0.3, -0.25) is 11.1 Å². The van der Waals surface area contributed by atoms with Crippen molar-refractivity contribution in [3.63, 3.8) is 0 Å². The molecule has 0 saturated heterocycles. The molecule has 0 heterocycles. The maximum Gasteiger partial charge on any atom is 0.511 e. The molecule has 5 nitrogen and oxygen atoms in total. The molecule has 0 aliphatic heterocycles. The summed E-state index contributed by atoms with van der Waals surface area (Å²) in [5.74, 6) is 0.637. The van der Waals surface area contributed by atoms with Gasteiger partial charge < -0.3 is 9.47 Å². The fraction of sp³-hybridized carbons (Fsp3) is 0.923. The molecule has 2 aliphatic rings. The first kappa shape index (κ1) is 13.6. The highest BCUT2D eigenvalue weighted by atomic mass is 16.7. The highest BCUT2D eigenvalue weighted by Crippen LogP contribution is 2.63. The highest BCUT2D eigenvalue weighted by Gasteiger charge is 2.61. The summed E-state index contributed by atoms with van der Waals surface area (Å²) in [5.41, 5.74) is 5.61. The molecule has 18 heavy (non-hydrogen) atoms. The van der Waals surface area contributed by atoms with E-state index in [4.69, 9.17) is 15.2 Å². The molecule has 4 atom stereocenters. The number of rotatable bonds is 3. The summed E-state index contributed by atoms with van der Waals surface area (Å²) in [5, 5.41) is 2.64. The average molecular weight is 256 g/mol. The van der Waals surface area contributed by atoms with Crippen molar-refractivity contribution in [2.24, 2.45) is 22.5 Å². The van der Waals surface area contributed by atoms with Crippen LogP contribution in [0.1, 0.15) is 40.0 Å². The van der Waals surface area contributed by atoms with Gasteiger partial charge in [0.05, 0.1) is 0 Å².